The van der Waals surface area contributed by atoms with Crippen LogP contribution in [0.25, 0.3) is 11.2 Å². The maximum absolute atomic E-state index is 14.1. The Morgan fingerprint density at radius 3 is 2.56 bits per heavy atom. The normalized spacial score (nSPS) is 16.2. The molecule has 2 aromatic carbocycles. The monoisotopic (exact) mass is 468 g/mol. The van der Waals surface area contributed by atoms with E-state index < -0.39 is 28.7 Å². The Labute approximate surface area is 191 Å². The number of hydrogen-bond donors (Lipinski definition) is 1. The molecule has 2 aromatic heterocycles. The standard InChI is InChI=1S/C23H19F3N6O2/c24-15-8-6-13(7-9-15)11-32-21-19(29-30-32)22(33)28-20(27-21)14-3-2-10-31(12-14)23(34)18-16(25)4-1-5-17(18)26/h1,4-9,14H,2-3,10-12H2,(H,27,28,33). The summed E-state index contributed by atoms with van der Waals surface area (Å²) in [6, 6.07) is 9.14. The van der Waals surface area contributed by atoms with E-state index in [4.69, 9.17) is 0 Å². The van der Waals surface area contributed by atoms with Crippen molar-refractivity contribution in [3.8, 4) is 0 Å². The number of nitrogens with one attached hydrogen (secondary N) is 1. The number of piperidine rings is 1. The summed E-state index contributed by atoms with van der Waals surface area (Å²) in [6.45, 7) is 0.703. The Kier molecular flexibility index (Phi) is 5.60. The van der Waals surface area contributed by atoms with E-state index in [0.717, 1.165) is 17.7 Å². The van der Waals surface area contributed by atoms with Gasteiger partial charge in [0.05, 0.1) is 6.54 Å². The van der Waals surface area contributed by atoms with Gasteiger partial charge >= 0.3 is 0 Å². The maximum atomic E-state index is 14.1. The largest absolute Gasteiger partial charge is 0.338 e. The summed E-state index contributed by atoms with van der Waals surface area (Å²) in [6.07, 6.45) is 1.19. The van der Waals surface area contributed by atoms with Crippen molar-refractivity contribution in [3.05, 3.63) is 87.2 Å². The quantitative estimate of drug-likeness (QED) is 0.497. The van der Waals surface area contributed by atoms with Crippen molar-refractivity contribution in [1.29, 1.82) is 0 Å². The Bertz CT molecular complexity index is 1410. The van der Waals surface area contributed by atoms with Gasteiger partial charge in [-0.3, -0.25) is 9.59 Å². The molecule has 1 unspecified atom stereocenters. The predicted octanol–water partition coefficient (Wildman–Crippen LogP) is 3.00. The van der Waals surface area contributed by atoms with E-state index in [0.29, 0.717) is 25.2 Å². The molecule has 0 aliphatic carbocycles. The summed E-state index contributed by atoms with van der Waals surface area (Å²) >= 11 is 0. The van der Waals surface area contributed by atoms with Crippen LogP contribution in [0.4, 0.5) is 13.2 Å². The van der Waals surface area contributed by atoms with E-state index in [1.165, 1.54) is 27.8 Å². The molecule has 0 radical (unpaired) electrons. The van der Waals surface area contributed by atoms with Gasteiger partial charge in [-0.1, -0.05) is 23.4 Å². The maximum Gasteiger partial charge on any atom is 0.281 e. The zero-order chi connectivity index (χ0) is 23.8. The van der Waals surface area contributed by atoms with Crippen molar-refractivity contribution in [2.45, 2.75) is 25.3 Å². The van der Waals surface area contributed by atoms with Crippen molar-refractivity contribution >= 4 is 17.1 Å². The van der Waals surface area contributed by atoms with Gasteiger partial charge < -0.3 is 9.88 Å². The Morgan fingerprint density at radius 2 is 1.82 bits per heavy atom. The number of carbonyl (C=O) groups is 1. The Hall–Kier alpha value is -4.02. The molecule has 34 heavy (non-hydrogen) atoms. The van der Waals surface area contributed by atoms with Crippen LogP contribution in [0.5, 0.6) is 0 Å². The van der Waals surface area contributed by atoms with E-state index in [1.54, 1.807) is 12.1 Å². The minimum atomic E-state index is -0.921. The highest BCUT2D eigenvalue weighted by molar-refractivity contribution is 5.94. The van der Waals surface area contributed by atoms with Crippen molar-refractivity contribution in [3.63, 3.8) is 0 Å². The van der Waals surface area contributed by atoms with Crippen molar-refractivity contribution in [1.82, 2.24) is 29.9 Å². The van der Waals surface area contributed by atoms with Gasteiger partial charge in [0, 0.05) is 19.0 Å². The van der Waals surface area contributed by atoms with Crippen LogP contribution in [0.2, 0.25) is 0 Å². The van der Waals surface area contributed by atoms with Gasteiger partial charge in [-0.05, 0) is 42.7 Å². The van der Waals surface area contributed by atoms with Gasteiger partial charge in [-0.15, -0.1) is 5.10 Å². The number of benzene rings is 2. The molecular formula is C23H19F3N6O2. The molecule has 8 nitrogen and oxygen atoms in total. The molecule has 0 saturated carbocycles. The molecular weight excluding hydrogens is 449 g/mol. The number of halogens is 3. The SMILES string of the molecule is O=C(c1c(F)cccc1F)N1CCCC(c2nc3c(nnn3Cc3ccc(F)cc3)c(=O)[nH]2)C1. The molecule has 0 spiro atoms. The fourth-order valence-electron chi connectivity index (χ4n) is 4.19. The Balaban J connectivity index is 1.44. The first-order valence-electron chi connectivity index (χ1n) is 10.7. The lowest BCUT2D eigenvalue weighted by Crippen LogP contribution is -2.40. The molecule has 11 heteroatoms. The Morgan fingerprint density at radius 1 is 1.09 bits per heavy atom. The smallest absolute Gasteiger partial charge is 0.281 e. The molecule has 0 bridgehead atoms. The second-order valence-corrected chi connectivity index (χ2v) is 8.18. The topological polar surface area (TPSA) is 96.8 Å². The first-order valence-corrected chi connectivity index (χ1v) is 10.7. The second kappa shape index (κ2) is 8.73. The third kappa shape index (κ3) is 4.04. The van der Waals surface area contributed by atoms with Crippen molar-refractivity contribution in [2.24, 2.45) is 0 Å². The molecule has 1 aliphatic rings. The summed E-state index contributed by atoms with van der Waals surface area (Å²) in [5.41, 5.74) is -0.0107. The van der Waals surface area contributed by atoms with Crippen LogP contribution in [0.15, 0.2) is 47.3 Å². The van der Waals surface area contributed by atoms with Gasteiger partial charge in [0.1, 0.15) is 28.8 Å². The third-order valence-electron chi connectivity index (χ3n) is 5.91. The molecule has 1 amide bonds. The molecule has 1 atom stereocenters. The number of aromatic nitrogens is 5. The number of likely N-dealkylation sites (tertiary alicyclic amines) is 1. The van der Waals surface area contributed by atoms with Gasteiger partial charge in [0.15, 0.2) is 11.2 Å². The molecule has 1 saturated heterocycles. The van der Waals surface area contributed by atoms with Crippen LogP contribution in [-0.2, 0) is 6.54 Å². The average Bonchev–Trinajstić information content (AvgIpc) is 3.23. The van der Waals surface area contributed by atoms with Crippen LogP contribution in [-0.4, -0.2) is 48.9 Å². The molecule has 1 N–H and O–H groups in total. The summed E-state index contributed by atoms with van der Waals surface area (Å²) in [5, 5.41) is 7.91. The highest BCUT2D eigenvalue weighted by Gasteiger charge is 2.30. The summed E-state index contributed by atoms with van der Waals surface area (Å²) in [4.78, 5) is 34.1. The number of nitrogens with zero attached hydrogens (tertiary/aromatic N) is 5. The number of rotatable bonds is 4. The minimum absolute atomic E-state index is 0.0584. The van der Waals surface area contributed by atoms with Crippen molar-refractivity contribution in [2.75, 3.05) is 13.1 Å². The summed E-state index contributed by atoms with van der Waals surface area (Å²) in [7, 11) is 0. The van der Waals surface area contributed by atoms with E-state index in [-0.39, 0.29) is 36.0 Å². The zero-order valence-electron chi connectivity index (χ0n) is 17.8. The summed E-state index contributed by atoms with van der Waals surface area (Å²) in [5.74, 6) is -2.96. The van der Waals surface area contributed by atoms with E-state index in [9.17, 15) is 22.8 Å². The lowest BCUT2D eigenvalue weighted by atomic mass is 9.96. The number of carbonyl (C=O) groups excluding carboxylic acids is 1. The van der Waals surface area contributed by atoms with E-state index in [1.807, 2.05) is 0 Å². The van der Waals surface area contributed by atoms with Crippen molar-refractivity contribution < 1.29 is 18.0 Å². The first-order chi connectivity index (χ1) is 16.4. The molecule has 174 valence electrons. The van der Waals surface area contributed by atoms with Crippen LogP contribution in [0.3, 0.4) is 0 Å². The van der Waals surface area contributed by atoms with Crippen LogP contribution >= 0.6 is 0 Å². The van der Waals surface area contributed by atoms with Gasteiger partial charge in [-0.2, -0.15) is 0 Å². The third-order valence-corrected chi connectivity index (χ3v) is 5.91. The molecule has 1 aliphatic heterocycles. The van der Waals surface area contributed by atoms with Crippen LogP contribution in [0, 0.1) is 17.5 Å². The molecule has 4 aromatic rings. The lowest BCUT2D eigenvalue weighted by molar-refractivity contribution is 0.0694. The number of H-pyrrole nitrogens is 1. The highest BCUT2D eigenvalue weighted by Crippen LogP contribution is 2.27. The molecule has 3 heterocycles. The number of hydrogen-bond acceptors (Lipinski definition) is 5. The van der Waals surface area contributed by atoms with Crippen LogP contribution in [0.1, 0.15) is 40.5 Å². The summed E-state index contributed by atoms with van der Waals surface area (Å²) < 4.78 is 42.9. The average molecular weight is 468 g/mol. The minimum Gasteiger partial charge on any atom is -0.338 e. The van der Waals surface area contributed by atoms with Gasteiger partial charge in [-0.25, -0.2) is 22.8 Å². The lowest BCUT2D eigenvalue weighted by Gasteiger charge is -2.32. The zero-order valence-corrected chi connectivity index (χ0v) is 17.8. The number of fused-ring (bicyclic) bond motifs is 1. The molecule has 1 fully saturated rings. The highest BCUT2D eigenvalue weighted by atomic mass is 19.1. The predicted molar refractivity (Wildman–Crippen MR) is 116 cm³/mol. The first kappa shape index (κ1) is 21.8. The van der Waals surface area contributed by atoms with Gasteiger partial charge in [0.2, 0.25) is 0 Å². The fourth-order valence-corrected chi connectivity index (χ4v) is 4.19. The second-order valence-electron chi connectivity index (χ2n) is 8.18. The van der Waals surface area contributed by atoms with Gasteiger partial charge in [0.25, 0.3) is 11.5 Å². The molecule has 5 rings (SSSR count). The number of amides is 1. The number of aromatic amines is 1. The van der Waals surface area contributed by atoms with E-state index in [2.05, 4.69) is 20.3 Å². The fraction of sp³-hybridized carbons (Fsp3) is 0.261. The van der Waals surface area contributed by atoms with E-state index >= 15 is 0 Å². The van der Waals surface area contributed by atoms with Crippen LogP contribution < -0.4 is 5.56 Å².